The van der Waals surface area contributed by atoms with Gasteiger partial charge < -0.3 is 10.2 Å². The van der Waals surface area contributed by atoms with Gasteiger partial charge in [-0.1, -0.05) is 13.8 Å². The van der Waals surface area contributed by atoms with Crippen molar-refractivity contribution in [1.82, 2.24) is 20.8 Å². The van der Waals surface area contributed by atoms with Gasteiger partial charge in [0.15, 0.2) is 0 Å². The van der Waals surface area contributed by atoms with Crippen LogP contribution in [0, 0.1) is 5.41 Å². The quantitative estimate of drug-likeness (QED) is 0.293. The predicted molar refractivity (Wildman–Crippen MR) is 80.6 cm³/mol. The highest BCUT2D eigenvalue weighted by atomic mass is 32.3. The highest BCUT2D eigenvalue weighted by Crippen LogP contribution is 2.42. The van der Waals surface area contributed by atoms with Crippen molar-refractivity contribution in [2.45, 2.75) is 32.4 Å². The van der Waals surface area contributed by atoms with Crippen molar-refractivity contribution in [3.8, 4) is 0 Å². The molecule has 2 saturated heterocycles. The molecule has 2 fully saturated rings. The number of rotatable bonds is 7. The number of urea groups is 1. The number of fused-ring (bicyclic) bond motifs is 2. The predicted octanol–water partition coefficient (Wildman–Crippen LogP) is -1.11. The molecule has 0 aromatic heterocycles. The van der Waals surface area contributed by atoms with Gasteiger partial charge in [0.05, 0.1) is 12.6 Å². The Balaban J connectivity index is 2.12. The van der Waals surface area contributed by atoms with Crippen LogP contribution < -0.4 is 10.8 Å². The zero-order valence-corrected chi connectivity index (χ0v) is 14.5. The van der Waals surface area contributed by atoms with Gasteiger partial charge in [0, 0.05) is 13.1 Å². The summed E-state index contributed by atoms with van der Waals surface area (Å²) in [6.45, 7) is 4.48. The monoisotopic (exact) mass is 366 g/mol. The van der Waals surface area contributed by atoms with E-state index in [2.05, 4.69) is 15.1 Å². The van der Waals surface area contributed by atoms with Gasteiger partial charge in [-0.15, -0.1) is 4.28 Å². The smallest absolute Gasteiger partial charge is 0.317 e. The van der Waals surface area contributed by atoms with Crippen LogP contribution in [-0.2, 0) is 24.3 Å². The van der Waals surface area contributed by atoms with Crippen molar-refractivity contribution in [1.29, 1.82) is 0 Å². The van der Waals surface area contributed by atoms with Crippen LogP contribution in [0.15, 0.2) is 0 Å². The van der Waals surface area contributed by atoms with Crippen LogP contribution in [0.3, 0.4) is 0 Å². The molecule has 2 heterocycles. The third-order valence-electron chi connectivity index (χ3n) is 4.19. The number of carbonyl (C=O) groups is 2. The van der Waals surface area contributed by atoms with Crippen LogP contribution in [-0.4, -0.2) is 73.7 Å². The maximum absolute atomic E-state index is 12.4. The Bertz CT molecular complexity index is 609. The lowest BCUT2D eigenvalue weighted by molar-refractivity contribution is -0.140. The molecular weight excluding hydrogens is 344 g/mol. The number of amides is 3. The molecule has 3 N–H and O–H groups in total. The zero-order chi connectivity index (χ0) is 18.1. The molecule has 24 heavy (non-hydrogen) atoms. The third kappa shape index (κ3) is 3.95. The zero-order valence-electron chi connectivity index (χ0n) is 13.7. The molecule has 2 bridgehead atoms. The van der Waals surface area contributed by atoms with Gasteiger partial charge in [-0.3, -0.25) is 14.2 Å². The number of nitrogens with zero attached hydrogens (tertiary/aromatic N) is 2. The molecule has 2 aliphatic rings. The van der Waals surface area contributed by atoms with Crippen LogP contribution in [0.5, 0.6) is 0 Å². The van der Waals surface area contributed by atoms with Crippen molar-refractivity contribution in [2.24, 2.45) is 5.41 Å². The van der Waals surface area contributed by atoms with Crippen LogP contribution in [0.4, 0.5) is 4.79 Å². The molecule has 0 radical (unpaired) electrons. The maximum atomic E-state index is 12.4. The first-order chi connectivity index (χ1) is 11.1. The first-order valence-corrected chi connectivity index (χ1v) is 8.76. The highest BCUT2D eigenvalue weighted by Gasteiger charge is 2.56. The minimum absolute atomic E-state index is 0.107. The normalized spacial score (nSPS) is 25.9. The molecule has 11 nitrogen and oxygen atoms in total. The van der Waals surface area contributed by atoms with Crippen molar-refractivity contribution in [3.05, 3.63) is 0 Å². The standard InChI is InChI=1S/C12H22N4O7S/c1-12(2)6-8(10(17)14-22-5-4-13-3)15-7-9(12)16(11(15)18)23-24(19,20)21/h8-9,13H,4-7H2,1-3H3,(H,14,17)(H,19,20,21)/t8-,9-/m0/s1. The molecule has 2 aliphatic heterocycles. The summed E-state index contributed by atoms with van der Waals surface area (Å²) in [5.74, 6) is -0.500. The second kappa shape index (κ2) is 6.80. The molecule has 0 spiro atoms. The summed E-state index contributed by atoms with van der Waals surface area (Å²) in [7, 11) is -3.10. The lowest BCUT2D eigenvalue weighted by Crippen LogP contribution is -2.54. The Hall–Kier alpha value is -1.47. The van der Waals surface area contributed by atoms with Gasteiger partial charge in [-0.05, 0) is 18.9 Å². The number of hydrogen-bond donors (Lipinski definition) is 3. The number of likely N-dealkylation sites (N-methyl/N-ethyl adjacent to an activating group) is 1. The number of piperidine rings is 1. The Morgan fingerprint density at radius 1 is 1.46 bits per heavy atom. The molecule has 2 atom stereocenters. The van der Waals surface area contributed by atoms with E-state index in [1.807, 2.05) is 0 Å². The molecule has 0 aromatic rings. The summed E-state index contributed by atoms with van der Waals surface area (Å²) in [5, 5.41) is 3.47. The lowest BCUT2D eigenvalue weighted by Gasteiger charge is -2.40. The van der Waals surface area contributed by atoms with Crippen LogP contribution in [0.1, 0.15) is 20.3 Å². The number of hydrogen-bond acceptors (Lipinski definition) is 7. The van der Waals surface area contributed by atoms with Gasteiger partial charge >= 0.3 is 16.4 Å². The molecule has 12 heteroatoms. The van der Waals surface area contributed by atoms with Crippen LogP contribution in [0.2, 0.25) is 0 Å². The first-order valence-electron chi connectivity index (χ1n) is 7.40. The Morgan fingerprint density at radius 2 is 2.12 bits per heavy atom. The lowest BCUT2D eigenvalue weighted by atomic mass is 9.76. The van der Waals surface area contributed by atoms with Crippen molar-refractivity contribution in [2.75, 3.05) is 26.7 Å². The van der Waals surface area contributed by atoms with E-state index in [9.17, 15) is 18.0 Å². The highest BCUT2D eigenvalue weighted by molar-refractivity contribution is 7.80. The number of nitrogens with one attached hydrogen (secondary N) is 2. The van der Waals surface area contributed by atoms with Crippen LogP contribution >= 0.6 is 0 Å². The number of hydroxylamine groups is 3. The first kappa shape index (κ1) is 18.9. The van der Waals surface area contributed by atoms with Gasteiger partial charge in [0.1, 0.15) is 6.04 Å². The fourth-order valence-corrected chi connectivity index (χ4v) is 3.30. The molecule has 138 valence electrons. The summed E-state index contributed by atoms with van der Waals surface area (Å²) in [6.07, 6.45) is 0.288. The largest absolute Gasteiger partial charge is 0.418 e. The summed E-state index contributed by atoms with van der Waals surface area (Å²) < 4.78 is 35.2. The second-order valence-electron chi connectivity index (χ2n) is 6.41. The van der Waals surface area contributed by atoms with Crippen LogP contribution in [0.25, 0.3) is 0 Å². The second-order valence-corrected chi connectivity index (χ2v) is 7.41. The van der Waals surface area contributed by atoms with Gasteiger partial charge in [0.25, 0.3) is 5.91 Å². The van der Waals surface area contributed by atoms with Crippen molar-refractivity contribution >= 4 is 22.3 Å². The van der Waals surface area contributed by atoms with E-state index in [0.29, 0.717) is 11.6 Å². The van der Waals surface area contributed by atoms with Gasteiger partial charge in [-0.25, -0.2) is 10.3 Å². The van der Waals surface area contributed by atoms with E-state index in [1.165, 1.54) is 4.90 Å². The fraction of sp³-hybridized carbons (Fsp3) is 0.833. The summed E-state index contributed by atoms with van der Waals surface area (Å²) in [5.41, 5.74) is 1.68. The fourth-order valence-electron chi connectivity index (χ4n) is 2.93. The SMILES string of the molecule is CNCCONC(=O)[C@@H]1CC(C)(C)[C@@H]2CN1C(=O)N2OS(=O)(=O)O. The van der Waals surface area contributed by atoms with E-state index in [-0.39, 0.29) is 19.6 Å². The Labute approximate surface area is 140 Å². The van der Waals surface area contributed by atoms with Crippen molar-refractivity contribution in [3.63, 3.8) is 0 Å². The average molecular weight is 366 g/mol. The van der Waals surface area contributed by atoms with Gasteiger partial charge in [0.2, 0.25) is 0 Å². The minimum atomic E-state index is -4.84. The summed E-state index contributed by atoms with van der Waals surface area (Å²) >= 11 is 0. The molecular formula is C12H22N4O7S. The molecule has 0 saturated carbocycles. The molecule has 2 rings (SSSR count). The summed E-state index contributed by atoms with van der Waals surface area (Å²) in [6, 6.07) is -2.23. The third-order valence-corrected chi connectivity index (χ3v) is 4.54. The van der Waals surface area contributed by atoms with E-state index in [4.69, 9.17) is 9.39 Å². The average Bonchev–Trinajstić information content (AvgIpc) is 2.74. The molecule has 0 aromatic carbocycles. The maximum Gasteiger partial charge on any atom is 0.418 e. The molecule has 0 aliphatic carbocycles. The van der Waals surface area contributed by atoms with E-state index < -0.39 is 39.8 Å². The Kier molecular flexibility index (Phi) is 5.34. The Morgan fingerprint density at radius 3 is 2.71 bits per heavy atom. The van der Waals surface area contributed by atoms with E-state index in [1.54, 1.807) is 20.9 Å². The molecule has 0 unspecified atom stereocenters. The van der Waals surface area contributed by atoms with E-state index >= 15 is 0 Å². The molecule has 3 amide bonds. The summed E-state index contributed by atoms with van der Waals surface area (Å²) in [4.78, 5) is 30.9. The minimum Gasteiger partial charge on any atom is -0.317 e. The van der Waals surface area contributed by atoms with Crippen molar-refractivity contribution < 1.29 is 31.7 Å². The van der Waals surface area contributed by atoms with E-state index in [0.717, 1.165) is 0 Å². The number of carbonyl (C=O) groups excluding carboxylic acids is 2. The van der Waals surface area contributed by atoms with Gasteiger partial charge in [-0.2, -0.15) is 13.5 Å². The topological polar surface area (TPSA) is 138 Å².